The summed E-state index contributed by atoms with van der Waals surface area (Å²) in [4.78, 5) is 13.1. The molecule has 7 heteroatoms. The molecule has 0 unspecified atom stereocenters. The predicted molar refractivity (Wildman–Crippen MR) is 90.3 cm³/mol. The molecule has 0 atom stereocenters. The van der Waals surface area contributed by atoms with Crippen LogP contribution in [-0.4, -0.2) is 5.78 Å². The molecule has 2 fully saturated rings. The molecular weight excluding hydrogens is 382 g/mol. The van der Waals surface area contributed by atoms with Crippen molar-refractivity contribution in [3.8, 4) is 0 Å². The minimum atomic E-state index is -4.52. The third kappa shape index (κ3) is 3.66. The molecule has 0 aromatic heterocycles. The van der Waals surface area contributed by atoms with Gasteiger partial charge in [-0.1, -0.05) is 12.1 Å². The van der Waals surface area contributed by atoms with E-state index in [1.807, 2.05) is 0 Å². The molecule has 1 nitrogen and oxygen atoms in total. The maximum absolute atomic E-state index is 13.1. The van der Waals surface area contributed by atoms with Crippen LogP contribution in [-0.2, 0) is 12.4 Å². The Morgan fingerprint density at radius 3 is 1.32 bits per heavy atom. The van der Waals surface area contributed by atoms with Gasteiger partial charge in [-0.15, -0.1) is 0 Å². The first-order valence-corrected chi connectivity index (χ1v) is 9.02. The molecule has 2 aliphatic carbocycles. The van der Waals surface area contributed by atoms with E-state index in [4.69, 9.17) is 0 Å². The number of ketones is 1. The molecule has 148 valence electrons. The summed E-state index contributed by atoms with van der Waals surface area (Å²) in [5.41, 5.74) is -0.668. The molecule has 4 rings (SSSR count). The van der Waals surface area contributed by atoms with Gasteiger partial charge in [0.05, 0.1) is 11.1 Å². The van der Waals surface area contributed by atoms with Gasteiger partial charge in [-0.2, -0.15) is 26.3 Å². The summed E-state index contributed by atoms with van der Waals surface area (Å²) in [6.45, 7) is 0. The quantitative estimate of drug-likeness (QED) is 0.413. The first-order valence-electron chi connectivity index (χ1n) is 9.02. The average Bonchev–Trinajstić information content (AvgIpc) is 3.51. The predicted octanol–water partition coefficient (Wildman–Crippen LogP) is 6.71. The molecule has 0 N–H and O–H groups in total. The third-order valence-electron chi connectivity index (χ3n) is 5.28. The number of hydrogen-bond acceptors (Lipinski definition) is 1. The summed E-state index contributed by atoms with van der Waals surface area (Å²) >= 11 is 0. The Kier molecular flexibility index (Phi) is 4.32. The molecule has 0 bridgehead atoms. The molecule has 2 aliphatic rings. The highest BCUT2D eigenvalue weighted by molar-refractivity contribution is 6.11. The van der Waals surface area contributed by atoms with Crippen LogP contribution in [0.5, 0.6) is 0 Å². The highest BCUT2D eigenvalue weighted by atomic mass is 19.4. The van der Waals surface area contributed by atoms with Crippen LogP contribution < -0.4 is 0 Å². The molecule has 2 aromatic carbocycles. The number of halogens is 6. The summed E-state index contributed by atoms with van der Waals surface area (Å²) in [5, 5.41) is 0. The van der Waals surface area contributed by atoms with Crippen molar-refractivity contribution in [2.75, 3.05) is 0 Å². The van der Waals surface area contributed by atoms with Gasteiger partial charge < -0.3 is 0 Å². The standard InChI is InChI=1S/C21H16F6O/c22-20(23,24)13-5-7-15(17(9-13)11-1-2-11)19(28)16-8-6-14(21(25,26)27)10-18(16)12-3-4-12/h5-12H,1-4H2. The zero-order valence-corrected chi connectivity index (χ0v) is 14.6. The van der Waals surface area contributed by atoms with Gasteiger partial charge in [-0.05, 0) is 72.9 Å². The van der Waals surface area contributed by atoms with E-state index < -0.39 is 29.3 Å². The van der Waals surface area contributed by atoms with E-state index in [0.29, 0.717) is 36.8 Å². The van der Waals surface area contributed by atoms with Gasteiger partial charge in [0.15, 0.2) is 5.78 Å². The van der Waals surface area contributed by atoms with Gasteiger partial charge in [0, 0.05) is 11.1 Å². The summed E-state index contributed by atoms with van der Waals surface area (Å²) < 4.78 is 78.3. The summed E-state index contributed by atoms with van der Waals surface area (Å²) in [6.07, 6.45) is -6.24. The smallest absolute Gasteiger partial charge is 0.289 e. The van der Waals surface area contributed by atoms with Crippen LogP contribution in [0.3, 0.4) is 0 Å². The van der Waals surface area contributed by atoms with Crippen molar-refractivity contribution in [2.24, 2.45) is 0 Å². The molecule has 0 radical (unpaired) electrons. The molecule has 0 aliphatic heterocycles. The van der Waals surface area contributed by atoms with E-state index in [0.717, 1.165) is 36.4 Å². The second-order valence-corrected chi connectivity index (χ2v) is 7.48. The van der Waals surface area contributed by atoms with Crippen molar-refractivity contribution in [3.63, 3.8) is 0 Å². The van der Waals surface area contributed by atoms with Crippen molar-refractivity contribution in [2.45, 2.75) is 49.9 Å². The maximum atomic E-state index is 13.1. The zero-order chi connectivity index (χ0) is 20.3. The first-order chi connectivity index (χ1) is 13.1. The average molecular weight is 398 g/mol. The lowest BCUT2D eigenvalue weighted by molar-refractivity contribution is -0.138. The number of rotatable bonds is 4. The molecule has 0 spiro atoms. The monoisotopic (exact) mass is 398 g/mol. The largest absolute Gasteiger partial charge is 0.416 e. The fraction of sp³-hybridized carbons (Fsp3) is 0.381. The molecular formula is C21H16F6O. The highest BCUT2D eigenvalue weighted by Gasteiger charge is 2.37. The lowest BCUT2D eigenvalue weighted by Gasteiger charge is -2.16. The van der Waals surface area contributed by atoms with Gasteiger partial charge in [0.1, 0.15) is 0 Å². The molecule has 28 heavy (non-hydrogen) atoms. The Bertz CT molecular complexity index is 857. The van der Waals surface area contributed by atoms with Crippen molar-refractivity contribution in [3.05, 3.63) is 69.8 Å². The number of carbonyl (C=O) groups excluding carboxylic acids is 1. The molecule has 2 saturated carbocycles. The minimum Gasteiger partial charge on any atom is -0.289 e. The Morgan fingerprint density at radius 2 is 1.04 bits per heavy atom. The van der Waals surface area contributed by atoms with Crippen LogP contribution in [0, 0.1) is 0 Å². The third-order valence-corrected chi connectivity index (χ3v) is 5.28. The Hall–Kier alpha value is -2.31. The number of carbonyl (C=O) groups is 1. The van der Waals surface area contributed by atoms with E-state index in [-0.39, 0.29) is 23.0 Å². The van der Waals surface area contributed by atoms with E-state index in [9.17, 15) is 31.1 Å². The van der Waals surface area contributed by atoms with Crippen LogP contribution in [0.25, 0.3) is 0 Å². The van der Waals surface area contributed by atoms with Gasteiger partial charge in [-0.3, -0.25) is 4.79 Å². The lowest BCUT2D eigenvalue weighted by Crippen LogP contribution is -2.13. The second kappa shape index (κ2) is 6.36. The fourth-order valence-electron chi connectivity index (χ4n) is 3.50. The van der Waals surface area contributed by atoms with Crippen LogP contribution >= 0.6 is 0 Å². The maximum Gasteiger partial charge on any atom is 0.416 e. The van der Waals surface area contributed by atoms with Crippen molar-refractivity contribution in [1.82, 2.24) is 0 Å². The first kappa shape index (κ1) is 19.0. The normalized spacial score (nSPS) is 17.6. The highest BCUT2D eigenvalue weighted by Crippen LogP contribution is 2.46. The number of alkyl halides is 6. The van der Waals surface area contributed by atoms with E-state index in [1.165, 1.54) is 0 Å². The fourth-order valence-corrected chi connectivity index (χ4v) is 3.50. The summed E-state index contributed by atoms with van der Waals surface area (Å²) in [5.74, 6) is -0.730. The SMILES string of the molecule is O=C(c1ccc(C(F)(F)F)cc1C1CC1)c1ccc(C(F)(F)F)cc1C1CC1. The molecule has 2 aromatic rings. The van der Waals surface area contributed by atoms with Gasteiger partial charge >= 0.3 is 12.4 Å². The van der Waals surface area contributed by atoms with Crippen LogP contribution in [0.15, 0.2) is 36.4 Å². The topological polar surface area (TPSA) is 17.1 Å². The summed E-state index contributed by atoms with van der Waals surface area (Å²) in [7, 11) is 0. The second-order valence-electron chi connectivity index (χ2n) is 7.48. The molecule has 0 amide bonds. The van der Waals surface area contributed by atoms with Crippen LogP contribution in [0.4, 0.5) is 26.3 Å². The Labute approximate surface area is 157 Å². The van der Waals surface area contributed by atoms with Gasteiger partial charge in [0.2, 0.25) is 0 Å². The summed E-state index contributed by atoms with van der Waals surface area (Å²) in [6, 6.07) is 6.05. The van der Waals surface area contributed by atoms with Crippen molar-refractivity contribution < 1.29 is 31.1 Å². The van der Waals surface area contributed by atoms with Gasteiger partial charge in [0.25, 0.3) is 0 Å². The Morgan fingerprint density at radius 1 is 0.679 bits per heavy atom. The van der Waals surface area contributed by atoms with Crippen molar-refractivity contribution >= 4 is 5.78 Å². The lowest BCUT2D eigenvalue weighted by atomic mass is 9.89. The molecule has 0 saturated heterocycles. The Balaban J connectivity index is 1.78. The zero-order valence-electron chi connectivity index (χ0n) is 14.6. The number of benzene rings is 2. The minimum absolute atomic E-state index is 0.111. The van der Waals surface area contributed by atoms with Crippen LogP contribution in [0.1, 0.15) is 75.7 Å². The van der Waals surface area contributed by atoms with Gasteiger partial charge in [-0.25, -0.2) is 0 Å². The van der Waals surface area contributed by atoms with E-state index in [1.54, 1.807) is 0 Å². The number of hydrogen-bond donors (Lipinski definition) is 0. The van der Waals surface area contributed by atoms with E-state index >= 15 is 0 Å². The van der Waals surface area contributed by atoms with Crippen LogP contribution in [0.2, 0.25) is 0 Å². The molecule has 0 heterocycles. The van der Waals surface area contributed by atoms with Crippen molar-refractivity contribution in [1.29, 1.82) is 0 Å². The van der Waals surface area contributed by atoms with E-state index in [2.05, 4.69) is 0 Å².